The second-order valence-corrected chi connectivity index (χ2v) is 9.29. The Hall–Kier alpha value is -4.86. The number of hydrazone groups is 1. The summed E-state index contributed by atoms with van der Waals surface area (Å²) < 4.78 is 0. The minimum absolute atomic E-state index is 0.137. The number of benzene rings is 3. The van der Waals surface area contributed by atoms with Gasteiger partial charge in [-0.15, -0.1) is 0 Å². The lowest BCUT2D eigenvalue weighted by Gasteiger charge is -2.33. The second-order valence-electron chi connectivity index (χ2n) is 9.29. The van der Waals surface area contributed by atoms with Crippen molar-refractivity contribution in [2.75, 3.05) is 10.2 Å². The number of imide groups is 1. The van der Waals surface area contributed by atoms with E-state index in [1.165, 1.54) is 18.2 Å². The molecule has 2 fully saturated rings. The first-order valence-electron chi connectivity index (χ1n) is 11.8. The molecule has 0 saturated carbocycles. The number of anilines is 2. The zero-order chi connectivity index (χ0) is 25.8. The first kappa shape index (κ1) is 22.6. The number of fused-ring (bicyclic) bond motifs is 5. The third kappa shape index (κ3) is 3.40. The van der Waals surface area contributed by atoms with Crippen molar-refractivity contribution < 1.29 is 19.3 Å². The summed E-state index contributed by atoms with van der Waals surface area (Å²) in [6, 6.07) is 18.7. The summed E-state index contributed by atoms with van der Waals surface area (Å²) in [6.07, 6.45) is 1.64. The number of aryl methyl sites for hydroxylation is 1. The van der Waals surface area contributed by atoms with Gasteiger partial charge in [-0.2, -0.15) is 5.10 Å². The lowest BCUT2D eigenvalue weighted by atomic mass is 9.85. The summed E-state index contributed by atoms with van der Waals surface area (Å²) in [5, 5.41) is 20.2. The predicted molar refractivity (Wildman–Crippen MR) is 135 cm³/mol. The second kappa shape index (κ2) is 8.37. The molecule has 2 saturated heterocycles. The molecule has 0 aliphatic carbocycles. The molecule has 6 rings (SSSR count). The van der Waals surface area contributed by atoms with Gasteiger partial charge < -0.3 is 5.32 Å². The molecule has 10 nitrogen and oxygen atoms in total. The van der Waals surface area contributed by atoms with Gasteiger partial charge >= 0.3 is 0 Å². The maximum Gasteiger partial charge on any atom is 0.269 e. The first-order valence-corrected chi connectivity index (χ1v) is 11.8. The molecular weight excluding hydrogens is 474 g/mol. The number of nitrogens with zero attached hydrogens (tertiary/aromatic N) is 4. The average Bonchev–Trinajstić information content (AvgIpc) is 3.37. The average molecular weight is 495 g/mol. The molecule has 37 heavy (non-hydrogen) atoms. The molecule has 4 atom stereocenters. The van der Waals surface area contributed by atoms with Gasteiger partial charge in [-0.25, -0.2) is 4.90 Å². The molecule has 0 radical (unpaired) electrons. The van der Waals surface area contributed by atoms with Crippen LogP contribution in [0.15, 0.2) is 77.9 Å². The number of nitro groups is 1. The van der Waals surface area contributed by atoms with Crippen molar-refractivity contribution in [1.29, 1.82) is 0 Å². The monoisotopic (exact) mass is 495 g/mol. The van der Waals surface area contributed by atoms with Gasteiger partial charge in [0.1, 0.15) is 6.04 Å². The maximum atomic E-state index is 13.9. The fraction of sp³-hybridized carbons (Fsp3) is 0.185. The largest absolute Gasteiger partial charge is 0.324 e. The van der Waals surface area contributed by atoms with Crippen LogP contribution >= 0.6 is 0 Å². The zero-order valence-corrected chi connectivity index (χ0v) is 19.6. The van der Waals surface area contributed by atoms with Gasteiger partial charge in [0, 0.05) is 17.8 Å². The van der Waals surface area contributed by atoms with Crippen LogP contribution in [-0.2, 0) is 14.4 Å². The van der Waals surface area contributed by atoms with Crippen LogP contribution < -0.4 is 10.2 Å². The van der Waals surface area contributed by atoms with Crippen LogP contribution in [0.3, 0.4) is 0 Å². The van der Waals surface area contributed by atoms with E-state index in [0.29, 0.717) is 11.3 Å². The van der Waals surface area contributed by atoms with E-state index in [0.717, 1.165) is 16.0 Å². The molecule has 3 heterocycles. The normalized spacial score (nSPS) is 23.5. The number of nitrogens with one attached hydrogen (secondary N) is 1. The van der Waals surface area contributed by atoms with Gasteiger partial charge in [0.2, 0.25) is 17.7 Å². The highest BCUT2D eigenvalue weighted by atomic mass is 16.6. The summed E-state index contributed by atoms with van der Waals surface area (Å²) in [7, 11) is 0. The van der Waals surface area contributed by atoms with Gasteiger partial charge in [-0.3, -0.25) is 29.5 Å². The highest BCUT2D eigenvalue weighted by Crippen LogP contribution is 2.53. The molecule has 3 amide bonds. The molecule has 10 heteroatoms. The quantitative estimate of drug-likeness (QED) is 0.336. The Morgan fingerprint density at radius 1 is 0.973 bits per heavy atom. The van der Waals surface area contributed by atoms with Crippen molar-refractivity contribution in [2.45, 2.75) is 19.0 Å². The fourth-order valence-electron chi connectivity index (χ4n) is 5.65. The van der Waals surface area contributed by atoms with Gasteiger partial charge in [0.05, 0.1) is 34.7 Å². The molecule has 0 spiro atoms. The molecule has 3 aliphatic heterocycles. The van der Waals surface area contributed by atoms with Gasteiger partial charge in [-0.05, 0) is 41.8 Å². The summed E-state index contributed by atoms with van der Waals surface area (Å²) in [5.74, 6) is -3.26. The SMILES string of the molecule is Cc1cc([N+](=O)[O-])ccc1N1C(=O)[C@@H]2[C@H](C1=O)[C@@H]1c3ccccc3C=NN1[C@@H]2C(=O)Nc1ccccc1. The van der Waals surface area contributed by atoms with E-state index in [4.69, 9.17) is 0 Å². The number of non-ortho nitro benzene ring substituents is 1. The predicted octanol–water partition coefficient (Wildman–Crippen LogP) is 3.42. The van der Waals surface area contributed by atoms with E-state index in [1.54, 1.807) is 42.4 Å². The number of hydrogen-bond donors (Lipinski definition) is 1. The molecule has 3 aromatic carbocycles. The Bertz CT molecular complexity index is 1500. The molecule has 3 aromatic rings. The Morgan fingerprint density at radius 2 is 1.68 bits per heavy atom. The third-order valence-corrected chi connectivity index (χ3v) is 7.24. The van der Waals surface area contributed by atoms with Crippen molar-refractivity contribution >= 4 is 41.0 Å². The van der Waals surface area contributed by atoms with Crippen molar-refractivity contribution in [3.05, 3.63) is 99.6 Å². The standard InChI is InChI=1S/C27H21N5O5/c1-15-13-18(32(36)37)11-12-20(15)30-26(34)21-22(27(30)35)24(25(33)29-17-8-3-2-4-9-17)31-23(21)19-10-6-5-7-16(19)14-28-31/h2-14,21-24H,1H3,(H,29,33)/t21-,22+,23-,24-/m0/s1. The van der Waals surface area contributed by atoms with Crippen LogP contribution in [0.1, 0.15) is 22.7 Å². The van der Waals surface area contributed by atoms with Gasteiger partial charge in [-0.1, -0.05) is 42.5 Å². The van der Waals surface area contributed by atoms with Crippen LogP contribution in [-0.4, -0.2) is 39.9 Å². The first-order chi connectivity index (χ1) is 17.9. The topological polar surface area (TPSA) is 125 Å². The minimum atomic E-state index is -1.03. The van der Waals surface area contributed by atoms with Crippen molar-refractivity contribution in [1.82, 2.24) is 5.01 Å². The highest BCUT2D eigenvalue weighted by molar-refractivity contribution is 6.24. The zero-order valence-electron chi connectivity index (χ0n) is 19.6. The van der Waals surface area contributed by atoms with Crippen molar-refractivity contribution in [3.63, 3.8) is 0 Å². The number of carbonyl (C=O) groups is 3. The number of para-hydroxylation sites is 1. The summed E-state index contributed by atoms with van der Waals surface area (Å²) in [4.78, 5) is 53.2. The number of rotatable bonds is 4. The number of hydrogen-bond acceptors (Lipinski definition) is 7. The lowest BCUT2D eigenvalue weighted by Crippen LogP contribution is -2.46. The van der Waals surface area contributed by atoms with Crippen LogP contribution in [0, 0.1) is 28.9 Å². The van der Waals surface area contributed by atoms with E-state index in [-0.39, 0.29) is 11.4 Å². The summed E-state index contributed by atoms with van der Waals surface area (Å²) >= 11 is 0. The lowest BCUT2D eigenvalue weighted by molar-refractivity contribution is -0.384. The smallest absolute Gasteiger partial charge is 0.269 e. The van der Waals surface area contributed by atoms with Crippen LogP contribution in [0.2, 0.25) is 0 Å². The fourth-order valence-corrected chi connectivity index (χ4v) is 5.65. The van der Waals surface area contributed by atoms with Crippen LogP contribution in [0.5, 0.6) is 0 Å². The van der Waals surface area contributed by atoms with Crippen LogP contribution in [0.25, 0.3) is 0 Å². The molecule has 0 unspecified atom stereocenters. The molecule has 0 bridgehead atoms. The summed E-state index contributed by atoms with van der Waals surface area (Å²) in [6.45, 7) is 1.61. The Morgan fingerprint density at radius 3 is 2.41 bits per heavy atom. The van der Waals surface area contributed by atoms with E-state index >= 15 is 0 Å². The number of carbonyl (C=O) groups excluding carboxylic acids is 3. The van der Waals surface area contributed by atoms with Gasteiger partial charge in [0.15, 0.2) is 0 Å². The van der Waals surface area contributed by atoms with E-state index < -0.39 is 46.6 Å². The highest BCUT2D eigenvalue weighted by Gasteiger charge is 2.65. The third-order valence-electron chi connectivity index (χ3n) is 7.24. The van der Waals surface area contributed by atoms with Crippen molar-refractivity contribution in [3.8, 4) is 0 Å². The van der Waals surface area contributed by atoms with Crippen LogP contribution in [0.4, 0.5) is 17.1 Å². The molecule has 0 aromatic heterocycles. The summed E-state index contributed by atoms with van der Waals surface area (Å²) in [5.41, 5.74) is 2.75. The van der Waals surface area contributed by atoms with E-state index in [1.807, 2.05) is 30.3 Å². The Balaban J connectivity index is 1.45. The van der Waals surface area contributed by atoms with E-state index in [2.05, 4.69) is 10.4 Å². The Kier molecular flexibility index (Phi) is 5.11. The molecule has 3 aliphatic rings. The van der Waals surface area contributed by atoms with Gasteiger partial charge in [0.25, 0.3) is 5.69 Å². The van der Waals surface area contributed by atoms with E-state index in [9.17, 15) is 24.5 Å². The van der Waals surface area contributed by atoms with Crippen molar-refractivity contribution in [2.24, 2.45) is 16.9 Å². The minimum Gasteiger partial charge on any atom is -0.324 e. The number of nitro benzene ring substituents is 1. The molecule has 184 valence electrons. The number of amides is 3. The molecular formula is C27H21N5O5. The molecule has 1 N–H and O–H groups in total. The maximum absolute atomic E-state index is 13.9. The Labute approximate surface area is 211 Å².